The van der Waals surface area contributed by atoms with Gasteiger partial charge in [0.15, 0.2) is 0 Å². The molecule has 218 valence electrons. The second-order valence-electron chi connectivity index (χ2n) is 12.3. The number of benzene rings is 7. The second-order valence-corrected chi connectivity index (χ2v) is 12.3. The Morgan fingerprint density at radius 1 is 0.522 bits per heavy atom. The highest BCUT2D eigenvalue weighted by Gasteiger charge is 2.15. The molecule has 1 unspecified atom stereocenters. The van der Waals surface area contributed by atoms with Crippen molar-refractivity contribution >= 4 is 49.0 Å². The van der Waals surface area contributed by atoms with Crippen LogP contribution in [-0.2, 0) is 0 Å². The van der Waals surface area contributed by atoms with Gasteiger partial charge in [-0.15, -0.1) is 0 Å². The van der Waals surface area contributed by atoms with Crippen LogP contribution in [-0.4, -0.2) is 4.57 Å². The summed E-state index contributed by atoms with van der Waals surface area (Å²) in [6.45, 7) is 0. The van der Waals surface area contributed by atoms with Crippen molar-refractivity contribution in [1.82, 2.24) is 4.57 Å². The average molecular weight is 589 g/mol. The zero-order chi connectivity index (χ0) is 30.5. The maximum Gasteiger partial charge on any atom is 0.0541 e. The molecule has 0 spiro atoms. The summed E-state index contributed by atoms with van der Waals surface area (Å²) < 4.78 is 2.40. The van der Waals surface area contributed by atoms with Gasteiger partial charge < -0.3 is 9.88 Å². The van der Waals surface area contributed by atoms with E-state index in [4.69, 9.17) is 0 Å². The molecular weight excluding hydrogens is 556 g/mol. The predicted octanol–water partition coefficient (Wildman–Crippen LogP) is 11.8. The van der Waals surface area contributed by atoms with E-state index in [1.165, 1.54) is 65.7 Å². The van der Waals surface area contributed by atoms with Gasteiger partial charge in [-0.1, -0.05) is 121 Å². The molecule has 1 aromatic heterocycles. The minimum Gasteiger partial charge on any atom is -0.356 e. The van der Waals surface area contributed by atoms with Crippen LogP contribution < -0.4 is 5.32 Å². The molecule has 1 heterocycles. The largest absolute Gasteiger partial charge is 0.356 e. The second kappa shape index (κ2) is 10.9. The number of anilines is 1. The molecule has 0 radical (unpaired) electrons. The molecule has 46 heavy (non-hydrogen) atoms. The topological polar surface area (TPSA) is 17.0 Å². The highest BCUT2D eigenvalue weighted by molar-refractivity contribution is 6.09. The smallest absolute Gasteiger partial charge is 0.0541 e. The molecule has 1 atom stereocenters. The van der Waals surface area contributed by atoms with Crippen LogP contribution in [0.15, 0.2) is 176 Å². The molecule has 0 fully saturated rings. The number of nitrogens with zero attached hydrogens (tertiary/aromatic N) is 1. The average Bonchev–Trinajstić information content (AvgIpc) is 3.46. The third kappa shape index (κ3) is 4.58. The van der Waals surface area contributed by atoms with Crippen LogP contribution in [0, 0.1) is 0 Å². The molecule has 0 amide bonds. The van der Waals surface area contributed by atoms with E-state index in [0.29, 0.717) is 5.92 Å². The van der Waals surface area contributed by atoms with Crippen LogP contribution in [0.2, 0.25) is 0 Å². The maximum atomic E-state index is 3.63. The molecule has 1 aliphatic carbocycles. The minimum absolute atomic E-state index is 0.339. The summed E-state index contributed by atoms with van der Waals surface area (Å²) in [5.41, 5.74) is 9.71. The van der Waals surface area contributed by atoms with Gasteiger partial charge in [-0.3, -0.25) is 0 Å². The number of nitrogens with one attached hydrogen (secondary N) is 1. The maximum absolute atomic E-state index is 3.63. The molecule has 0 saturated carbocycles. The lowest BCUT2D eigenvalue weighted by atomic mass is 9.91. The first kappa shape index (κ1) is 26.5. The van der Waals surface area contributed by atoms with Gasteiger partial charge in [0.25, 0.3) is 0 Å². The summed E-state index contributed by atoms with van der Waals surface area (Å²) in [5, 5.41) is 11.4. The van der Waals surface area contributed by atoms with Gasteiger partial charge in [-0.05, 0) is 93.2 Å². The number of fused-ring (bicyclic) bond motifs is 6. The molecule has 8 aromatic rings. The first-order valence-corrected chi connectivity index (χ1v) is 16.0. The standard InChI is InChI=1S/C44H32N2/c1-2-11-39-32(8-1)16-17-35-28-34(22-27-40(35)39)31-20-25-37(26-21-31)45-36-23-18-30(19-24-36)33-9-7-10-38(29-33)46-43-14-5-3-12-41(43)42-13-4-6-15-44(42)46/h1-18,20-30,45H,19H2. The van der Waals surface area contributed by atoms with E-state index >= 15 is 0 Å². The number of para-hydroxylation sites is 2. The van der Waals surface area contributed by atoms with E-state index in [1.807, 2.05) is 0 Å². The Morgan fingerprint density at radius 3 is 1.96 bits per heavy atom. The van der Waals surface area contributed by atoms with Crippen molar-refractivity contribution in [3.8, 4) is 16.8 Å². The van der Waals surface area contributed by atoms with Gasteiger partial charge in [0.05, 0.1) is 11.0 Å². The van der Waals surface area contributed by atoms with E-state index in [-0.39, 0.29) is 0 Å². The van der Waals surface area contributed by atoms with Crippen molar-refractivity contribution in [3.63, 3.8) is 0 Å². The number of allylic oxidation sites excluding steroid dienone is 3. The summed E-state index contributed by atoms with van der Waals surface area (Å²) in [4.78, 5) is 0. The first-order valence-electron chi connectivity index (χ1n) is 16.0. The van der Waals surface area contributed by atoms with Crippen LogP contribution in [0.25, 0.3) is 60.2 Å². The number of hydrogen-bond donors (Lipinski definition) is 1. The summed E-state index contributed by atoms with van der Waals surface area (Å²) in [7, 11) is 0. The van der Waals surface area contributed by atoms with Crippen molar-refractivity contribution in [2.45, 2.75) is 12.3 Å². The fourth-order valence-electron chi connectivity index (χ4n) is 7.16. The lowest BCUT2D eigenvalue weighted by Gasteiger charge is -2.19. The van der Waals surface area contributed by atoms with Gasteiger partial charge >= 0.3 is 0 Å². The van der Waals surface area contributed by atoms with Crippen LogP contribution in [0.1, 0.15) is 17.9 Å². The van der Waals surface area contributed by atoms with Crippen molar-refractivity contribution in [3.05, 3.63) is 181 Å². The SMILES string of the molecule is C1=CC(c2cccc(-n3c4ccccc4c4ccccc43)c2)CC=C1Nc1ccc(-c2ccc3c(ccc4ccccc43)c2)cc1. The Labute approximate surface area is 268 Å². The van der Waals surface area contributed by atoms with E-state index in [9.17, 15) is 0 Å². The normalized spacial score (nSPS) is 14.7. The Kier molecular flexibility index (Phi) is 6.31. The van der Waals surface area contributed by atoms with E-state index in [0.717, 1.165) is 17.8 Å². The van der Waals surface area contributed by atoms with Gasteiger partial charge in [0.2, 0.25) is 0 Å². The Bertz CT molecular complexity index is 2420. The molecular formula is C44H32N2. The molecule has 0 aliphatic heterocycles. The molecule has 1 aliphatic rings. The number of aromatic nitrogens is 1. The van der Waals surface area contributed by atoms with Gasteiger partial charge in [0, 0.05) is 33.8 Å². The van der Waals surface area contributed by atoms with E-state index < -0.39 is 0 Å². The molecule has 9 rings (SSSR count). The van der Waals surface area contributed by atoms with Gasteiger partial charge in [0.1, 0.15) is 0 Å². The molecule has 2 nitrogen and oxygen atoms in total. The van der Waals surface area contributed by atoms with E-state index in [1.54, 1.807) is 0 Å². The highest BCUT2D eigenvalue weighted by Crippen LogP contribution is 2.35. The predicted molar refractivity (Wildman–Crippen MR) is 196 cm³/mol. The quantitative estimate of drug-likeness (QED) is 0.198. The van der Waals surface area contributed by atoms with E-state index in [2.05, 4.69) is 180 Å². The molecule has 1 N–H and O–H groups in total. The summed E-state index contributed by atoms with van der Waals surface area (Å²) in [5.74, 6) is 0.339. The zero-order valence-corrected chi connectivity index (χ0v) is 25.4. The zero-order valence-electron chi connectivity index (χ0n) is 25.4. The molecule has 2 heteroatoms. The minimum atomic E-state index is 0.339. The monoisotopic (exact) mass is 588 g/mol. The Balaban J connectivity index is 0.924. The van der Waals surface area contributed by atoms with Crippen LogP contribution in [0.4, 0.5) is 5.69 Å². The van der Waals surface area contributed by atoms with Crippen LogP contribution in [0.3, 0.4) is 0 Å². The van der Waals surface area contributed by atoms with Crippen molar-refractivity contribution in [2.75, 3.05) is 5.32 Å². The fourth-order valence-corrected chi connectivity index (χ4v) is 7.16. The summed E-state index contributed by atoms with van der Waals surface area (Å²) in [6, 6.07) is 55.0. The third-order valence-electron chi connectivity index (χ3n) is 9.49. The van der Waals surface area contributed by atoms with Crippen LogP contribution >= 0.6 is 0 Å². The van der Waals surface area contributed by atoms with Gasteiger partial charge in [-0.25, -0.2) is 0 Å². The Hall–Kier alpha value is -5.86. The number of rotatable bonds is 5. The molecule has 0 bridgehead atoms. The molecule has 0 saturated heterocycles. The van der Waals surface area contributed by atoms with Crippen molar-refractivity contribution < 1.29 is 0 Å². The lowest BCUT2D eigenvalue weighted by Crippen LogP contribution is -2.05. The van der Waals surface area contributed by atoms with Crippen molar-refractivity contribution in [2.24, 2.45) is 0 Å². The van der Waals surface area contributed by atoms with Crippen molar-refractivity contribution in [1.29, 1.82) is 0 Å². The Morgan fingerprint density at radius 2 is 1.20 bits per heavy atom. The third-order valence-corrected chi connectivity index (χ3v) is 9.49. The highest BCUT2D eigenvalue weighted by atomic mass is 15.0. The number of hydrogen-bond acceptors (Lipinski definition) is 1. The lowest BCUT2D eigenvalue weighted by molar-refractivity contribution is 0.844. The first-order chi connectivity index (χ1) is 22.8. The molecule has 7 aromatic carbocycles. The van der Waals surface area contributed by atoms with Gasteiger partial charge in [-0.2, -0.15) is 0 Å². The summed E-state index contributed by atoms with van der Waals surface area (Å²) in [6.07, 6.45) is 7.84. The fraction of sp³-hybridized carbons (Fsp3) is 0.0455. The summed E-state index contributed by atoms with van der Waals surface area (Å²) >= 11 is 0. The van der Waals surface area contributed by atoms with Crippen LogP contribution in [0.5, 0.6) is 0 Å².